The van der Waals surface area contributed by atoms with Crippen molar-refractivity contribution in [2.24, 2.45) is 4.99 Å². The number of hydrogen-bond donors (Lipinski definition) is 3. The van der Waals surface area contributed by atoms with Crippen LogP contribution in [0.5, 0.6) is 0 Å². The highest BCUT2D eigenvalue weighted by molar-refractivity contribution is 7.85. The van der Waals surface area contributed by atoms with Gasteiger partial charge in [0.2, 0.25) is 0 Å². The minimum Gasteiger partial charge on any atom is -0.282 e. The first-order chi connectivity index (χ1) is 8.84. The molecule has 102 valence electrons. The highest BCUT2D eigenvalue weighted by Gasteiger charge is 2.13. The standard InChI is InChI=1S/C9H8Cl2N4O3S/c10-8-5-9(14-15(11)13-8)12-6-2-1-3-7(4-6)19(16,17)18/h1-5,13H,(H,12,14)(H,16,17,18). The van der Waals surface area contributed by atoms with Gasteiger partial charge in [-0.2, -0.15) is 8.42 Å². The van der Waals surface area contributed by atoms with Gasteiger partial charge in [-0.25, -0.2) is 4.99 Å². The average Bonchev–Trinajstić information content (AvgIpc) is 2.26. The maximum Gasteiger partial charge on any atom is 0.294 e. The molecule has 0 atom stereocenters. The predicted molar refractivity (Wildman–Crippen MR) is 71.3 cm³/mol. The van der Waals surface area contributed by atoms with E-state index in [4.69, 9.17) is 27.9 Å². The van der Waals surface area contributed by atoms with E-state index in [1.165, 1.54) is 24.3 Å². The van der Waals surface area contributed by atoms with Crippen molar-refractivity contribution in [3.8, 4) is 0 Å². The zero-order valence-corrected chi connectivity index (χ0v) is 11.5. The van der Waals surface area contributed by atoms with Crippen molar-refractivity contribution >= 4 is 45.0 Å². The molecule has 1 aromatic rings. The SMILES string of the molecule is O=S(=O)(O)c1cccc(N=C2C=C(Cl)NN(Cl)N2)c1. The van der Waals surface area contributed by atoms with E-state index in [9.17, 15) is 8.42 Å². The number of hydrazine groups is 2. The molecule has 1 heterocycles. The van der Waals surface area contributed by atoms with Gasteiger partial charge in [-0.1, -0.05) is 17.7 Å². The molecule has 0 unspecified atom stereocenters. The topological polar surface area (TPSA) is 94.0 Å². The van der Waals surface area contributed by atoms with E-state index < -0.39 is 10.1 Å². The number of nitrogens with one attached hydrogen (secondary N) is 2. The summed E-state index contributed by atoms with van der Waals surface area (Å²) < 4.78 is 31.9. The molecule has 0 spiro atoms. The van der Waals surface area contributed by atoms with E-state index in [-0.39, 0.29) is 10.1 Å². The molecule has 0 fully saturated rings. The molecule has 3 N–H and O–H groups in total. The second-order valence-corrected chi connectivity index (χ2v) is 5.63. The van der Waals surface area contributed by atoms with Gasteiger partial charge in [0, 0.05) is 17.9 Å². The van der Waals surface area contributed by atoms with Gasteiger partial charge in [0.05, 0.1) is 10.6 Å². The molecule has 0 aromatic heterocycles. The van der Waals surface area contributed by atoms with Crippen LogP contribution in [0.3, 0.4) is 0 Å². The van der Waals surface area contributed by atoms with E-state index in [1.54, 1.807) is 6.07 Å². The lowest BCUT2D eigenvalue weighted by Crippen LogP contribution is -2.46. The molecule has 2 rings (SSSR count). The third-order valence-electron chi connectivity index (χ3n) is 2.05. The first kappa shape index (κ1) is 14.1. The van der Waals surface area contributed by atoms with Gasteiger partial charge in [-0.05, 0) is 22.8 Å². The average molecular weight is 323 g/mol. The summed E-state index contributed by atoms with van der Waals surface area (Å²) in [5.74, 6) is 0.297. The van der Waals surface area contributed by atoms with E-state index in [0.29, 0.717) is 11.5 Å². The third-order valence-corrected chi connectivity index (χ3v) is 3.26. The van der Waals surface area contributed by atoms with Crippen molar-refractivity contribution in [1.29, 1.82) is 0 Å². The Hall–Kier alpha value is -1.32. The number of benzene rings is 1. The summed E-state index contributed by atoms with van der Waals surface area (Å²) in [5.41, 5.74) is 5.46. The summed E-state index contributed by atoms with van der Waals surface area (Å²) in [7, 11) is -4.27. The Morgan fingerprint density at radius 1 is 1.32 bits per heavy atom. The van der Waals surface area contributed by atoms with Crippen LogP contribution in [0.1, 0.15) is 0 Å². The first-order valence-corrected chi connectivity index (χ1v) is 7.03. The van der Waals surface area contributed by atoms with Crippen LogP contribution >= 0.6 is 23.4 Å². The zero-order valence-electron chi connectivity index (χ0n) is 9.21. The Morgan fingerprint density at radius 3 is 2.68 bits per heavy atom. The van der Waals surface area contributed by atoms with Gasteiger partial charge in [0.1, 0.15) is 11.0 Å². The highest BCUT2D eigenvalue weighted by Crippen LogP contribution is 2.18. The Kier molecular flexibility index (Phi) is 3.97. The molecule has 0 amide bonds. The molecule has 0 saturated carbocycles. The van der Waals surface area contributed by atoms with Crippen LogP contribution in [0.4, 0.5) is 5.69 Å². The van der Waals surface area contributed by atoms with E-state index in [2.05, 4.69) is 15.8 Å². The van der Waals surface area contributed by atoms with Crippen molar-refractivity contribution in [1.82, 2.24) is 15.5 Å². The van der Waals surface area contributed by atoms with Crippen LogP contribution in [0.25, 0.3) is 0 Å². The summed E-state index contributed by atoms with van der Waals surface area (Å²) in [5, 5.41) is 0.235. The van der Waals surface area contributed by atoms with E-state index in [0.717, 1.165) is 4.64 Å². The van der Waals surface area contributed by atoms with Crippen LogP contribution < -0.4 is 10.9 Å². The molecule has 0 bridgehead atoms. The molecule has 1 aliphatic rings. The van der Waals surface area contributed by atoms with Gasteiger partial charge in [-0.15, -0.1) is 0 Å². The van der Waals surface area contributed by atoms with Crippen molar-refractivity contribution in [2.75, 3.05) is 0 Å². The van der Waals surface area contributed by atoms with Crippen molar-refractivity contribution < 1.29 is 13.0 Å². The van der Waals surface area contributed by atoms with E-state index in [1.807, 2.05) is 0 Å². The smallest absolute Gasteiger partial charge is 0.282 e. The first-order valence-electron chi connectivity index (χ1n) is 4.87. The number of halogens is 2. The molecule has 10 heteroatoms. The second kappa shape index (κ2) is 5.35. The molecule has 0 saturated heterocycles. The Labute approximate surface area is 119 Å². The van der Waals surface area contributed by atoms with Gasteiger partial charge in [0.15, 0.2) is 0 Å². The summed E-state index contributed by atoms with van der Waals surface area (Å²) >= 11 is 11.4. The Balaban J connectivity index is 2.36. The monoisotopic (exact) mass is 322 g/mol. The molecule has 19 heavy (non-hydrogen) atoms. The fourth-order valence-corrected chi connectivity index (χ4v) is 2.25. The predicted octanol–water partition coefficient (Wildman–Crippen LogP) is 1.52. The maximum absolute atomic E-state index is 11.0. The molecule has 1 aliphatic heterocycles. The van der Waals surface area contributed by atoms with Gasteiger partial charge in [-0.3, -0.25) is 15.4 Å². The molecule has 0 radical (unpaired) electrons. The molecule has 0 aliphatic carbocycles. The van der Waals surface area contributed by atoms with Crippen LogP contribution in [-0.4, -0.2) is 23.4 Å². The summed E-state index contributed by atoms with van der Waals surface area (Å²) in [6.45, 7) is 0. The number of nitrogens with zero attached hydrogens (tertiary/aromatic N) is 2. The fourth-order valence-electron chi connectivity index (χ4n) is 1.32. The van der Waals surface area contributed by atoms with Crippen molar-refractivity contribution in [3.05, 3.63) is 35.5 Å². The van der Waals surface area contributed by atoms with Crippen LogP contribution in [0, 0.1) is 0 Å². The van der Waals surface area contributed by atoms with Gasteiger partial charge >= 0.3 is 0 Å². The number of amidine groups is 1. The number of aliphatic imine (C=N–C) groups is 1. The van der Waals surface area contributed by atoms with Gasteiger partial charge in [0.25, 0.3) is 10.1 Å². The van der Waals surface area contributed by atoms with Crippen molar-refractivity contribution in [3.63, 3.8) is 0 Å². The maximum atomic E-state index is 11.0. The van der Waals surface area contributed by atoms with E-state index >= 15 is 0 Å². The quantitative estimate of drug-likeness (QED) is 0.434. The lowest BCUT2D eigenvalue weighted by Gasteiger charge is -2.21. The summed E-state index contributed by atoms with van der Waals surface area (Å²) in [4.78, 5) is 3.85. The minimum atomic E-state index is -4.27. The highest BCUT2D eigenvalue weighted by atomic mass is 35.5. The summed E-state index contributed by atoms with van der Waals surface area (Å²) in [6, 6.07) is 5.48. The van der Waals surface area contributed by atoms with Crippen LogP contribution in [0.2, 0.25) is 0 Å². The van der Waals surface area contributed by atoms with Crippen molar-refractivity contribution in [2.45, 2.75) is 4.90 Å². The zero-order chi connectivity index (χ0) is 14.0. The lowest BCUT2D eigenvalue weighted by molar-refractivity contribution is 0.338. The van der Waals surface area contributed by atoms with Gasteiger partial charge < -0.3 is 0 Å². The normalized spacial score (nSPS) is 18.7. The third kappa shape index (κ3) is 3.82. The minimum absolute atomic E-state index is 0.235. The second-order valence-electron chi connectivity index (χ2n) is 3.47. The largest absolute Gasteiger partial charge is 0.294 e. The van der Waals surface area contributed by atoms with Crippen LogP contribution in [0.15, 0.2) is 45.4 Å². The fraction of sp³-hybridized carbons (Fsp3) is 0. The summed E-state index contributed by atoms with van der Waals surface area (Å²) in [6.07, 6.45) is 1.46. The lowest BCUT2D eigenvalue weighted by atomic mass is 10.3. The molecular formula is C9H8Cl2N4O3S. The van der Waals surface area contributed by atoms with Crippen LogP contribution in [-0.2, 0) is 10.1 Å². The number of rotatable bonds is 2. The Bertz CT molecular complexity index is 659. The molecule has 7 nitrogen and oxygen atoms in total. The molecule has 1 aromatic carbocycles. The molecular weight excluding hydrogens is 315 g/mol. The Morgan fingerprint density at radius 2 is 2.05 bits per heavy atom. The number of hydrogen-bond acceptors (Lipinski definition) is 5.